The fourth-order valence-corrected chi connectivity index (χ4v) is 4.55. The van der Waals surface area contributed by atoms with Crippen LogP contribution in [-0.2, 0) is 20.5 Å². The van der Waals surface area contributed by atoms with Crippen LogP contribution < -0.4 is 4.72 Å². The maximum absolute atomic E-state index is 12.7. The smallest absolute Gasteiger partial charge is 0.338 e. The van der Waals surface area contributed by atoms with Crippen molar-refractivity contribution >= 4 is 33.4 Å². The van der Waals surface area contributed by atoms with Crippen molar-refractivity contribution < 1.29 is 17.9 Å². The minimum absolute atomic E-state index is 0.0219. The van der Waals surface area contributed by atoms with E-state index in [1.807, 2.05) is 6.92 Å². The van der Waals surface area contributed by atoms with E-state index >= 15 is 0 Å². The average Bonchev–Trinajstić information content (AvgIpc) is 2.74. The summed E-state index contributed by atoms with van der Waals surface area (Å²) in [5.41, 5.74) is 3.59. The van der Waals surface area contributed by atoms with Crippen molar-refractivity contribution in [1.29, 1.82) is 0 Å². The number of carbonyl (C=O) groups is 1. The van der Waals surface area contributed by atoms with Gasteiger partial charge in [-0.1, -0.05) is 35.9 Å². The van der Waals surface area contributed by atoms with Crippen LogP contribution in [0.4, 0.5) is 5.69 Å². The van der Waals surface area contributed by atoms with E-state index in [4.69, 9.17) is 4.74 Å². The lowest BCUT2D eigenvalue weighted by atomic mass is 10.1. The summed E-state index contributed by atoms with van der Waals surface area (Å²) in [6.45, 7) is 3.76. The van der Waals surface area contributed by atoms with Crippen molar-refractivity contribution in [3.8, 4) is 0 Å². The monoisotopic (exact) mass is 442 g/mol. The highest BCUT2D eigenvalue weighted by atomic mass is 32.2. The number of nitrogens with zero attached hydrogens (tertiary/aromatic N) is 1. The molecule has 0 bridgehead atoms. The summed E-state index contributed by atoms with van der Waals surface area (Å²) in [6.07, 6.45) is 1.48. The molecule has 1 aromatic heterocycles. The molecule has 3 rings (SSSR count). The van der Waals surface area contributed by atoms with Gasteiger partial charge in [-0.25, -0.2) is 18.2 Å². The molecule has 0 aliphatic carbocycles. The lowest BCUT2D eigenvalue weighted by molar-refractivity contribution is 0.0599. The largest absolute Gasteiger partial charge is 0.465 e. The number of aryl methyl sites for hydroxylation is 2. The van der Waals surface area contributed by atoms with E-state index in [0.717, 1.165) is 10.8 Å². The van der Waals surface area contributed by atoms with Crippen molar-refractivity contribution in [3.63, 3.8) is 0 Å². The second-order valence-electron chi connectivity index (χ2n) is 6.73. The van der Waals surface area contributed by atoms with Gasteiger partial charge in [0.15, 0.2) is 0 Å². The Labute approximate surface area is 180 Å². The van der Waals surface area contributed by atoms with Gasteiger partial charge in [-0.05, 0) is 49.2 Å². The molecule has 156 valence electrons. The standard InChI is InChI=1S/C22H22N2O4S2/c1-15-4-7-17(8-5-15)14-29-21-11-9-18(13-23-21)24-30(26,27)19-10-6-16(2)20(12-19)22(25)28-3/h4-13,24H,14H2,1-3H3. The van der Waals surface area contributed by atoms with Crippen molar-refractivity contribution in [2.45, 2.75) is 29.5 Å². The molecule has 0 aliphatic rings. The van der Waals surface area contributed by atoms with Crippen LogP contribution >= 0.6 is 11.8 Å². The van der Waals surface area contributed by atoms with Gasteiger partial charge >= 0.3 is 5.97 Å². The SMILES string of the molecule is COC(=O)c1cc(S(=O)(=O)Nc2ccc(SCc3ccc(C)cc3)nc2)ccc1C. The van der Waals surface area contributed by atoms with Crippen LogP contribution in [0.1, 0.15) is 27.0 Å². The molecule has 6 nitrogen and oxygen atoms in total. The molecule has 8 heteroatoms. The Kier molecular flexibility index (Phi) is 6.79. The first-order chi connectivity index (χ1) is 14.3. The highest BCUT2D eigenvalue weighted by Gasteiger charge is 2.18. The van der Waals surface area contributed by atoms with E-state index in [-0.39, 0.29) is 10.5 Å². The number of methoxy groups -OCH3 is 1. The number of hydrogen-bond donors (Lipinski definition) is 1. The number of hydrogen-bond acceptors (Lipinski definition) is 6. The van der Waals surface area contributed by atoms with Crippen molar-refractivity contribution in [2.24, 2.45) is 0 Å². The third-order valence-electron chi connectivity index (χ3n) is 4.42. The number of nitrogens with one attached hydrogen (secondary N) is 1. The average molecular weight is 443 g/mol. The van der Waals surface area contributed by atoms with Crippen LogP contribution in [0.25, 0.3) is 0 Å². The molecule has 30 heavy (non-hydrogen) atoms. The summed E-state index contributed by atoms with van der Waals surface area (Å²) in [4.78, 5) is 16.1. The lowest BCUT2D eigenvalue weighted by Gasteiger charge is -2.11. The maximum Gasteiger partial charge on any atom is 0.338 e. The zero-order valence-corrected chi connectivity index (χ0v) is 18.5. The number of pyridine rings is 1. The zero-order chi connectivity index (χ0) is 21.7. The second-order valence-corrected chi connectivity index (χ2v) is 9.41. The molecular formula is C22H22N2O4S2. The molecule has 0 spiro atoms. The number of ether oxygens (including phenoxy) is 1. The Balaban J connectivity index is 1.69. The molecule has 0 atom stereocenters. The molecule has 2 aromatic carbocycles. The van der Waals surface area contributed by atoms with Gasteiger partial charge in [0.2, 0.25) is 0 Å². The summed E-state index contributed by atoms with van der Waals surface area (Å²) < 4.78 is 32.6. The summed E-state index contributed by atoms with van der Waals surface area (Å²) in [5.74, 6) is 0.194. The number of thioether (sulfide) groups is 1. The number of carbonyl (C=O) groups excluding carboxylic acids is 1. The molecule has 0 saturated carbocycles. The highest BCUT2D eigenvalue weighted by Crippen LogP contribution is 2.24. The third-order valence-corrected chi connectivity index (χ3v) is 6.81. The predicted octanol–water partition coefficient (Wildman–Crippen LogP) is 4.58. The van der Waals surface area contributed by atoms with Gasteiger partial charge in [0.25, 0.3) is 10.0 Å². The van der Waals surface area contributed by atoms with Gasteiger partial charge in [-0.3, -0.25) is 4.72 Å². The Morgan fingerprint density at radius 3 is 2.43 bits per heavy atom. The molecule has 3 aromatic rings. The van der Waals surface area contributed by atoms with Crippen molar-refractivity contribution in [3.05, 3.63) is 83.0 Å². The summed E-state index contributed by atoms with van der Waals surface area (Å²) in [7, 11) is -2.62. The Morgan fingerprint density at radius 1 is 1.07 bits per heavy atom. The quantitative estimate of drug-likeness (QED) is 0.426. The van der Waals surface area contributed by atoms with E-state index in [0.29, 0.717) is 11.3 Å². The minimum atomic E-state index is -3.87. The number of anilines is 1. The molecule has 0 amide bonds. The Bertz CT molecular complexity index is 1140. The van der Waals surface area contributed by atoms with Gasteiger partial charge in [0.1, 0.15) is 0 Å². The van der Waals surface area contributed by atoms with E-state index in [1.165, 1.54) is 36.6 Å². The van der Waals surface area contributed by atoms with Crippen LogP contribution in [0, 0.1) is 13.8 Å². The van der Waals surface area contributed by atoms with Crippen molar-refractivity contribution in [1.82, 2.24) is 4.98 Å². The summed E-state index contributed by atoms with van der Waals surface area (Å²) in [5, 5.41) is 0.793. The van der Waals surface area contributed by atoms with Gasteiger partial charge in [-0.2, -0.15) is 0 Å². The Morgan fingerprint density at radius 2 is 1.80 bits per heavy atom. The predicted molar refractivity (Wildman–Crippen MR) is 118 cm³/mol. The minimum Gasteiger partial charge on any atom is -0.465 e. The van der Waals surface area contributed by atoms with Crippen LogP contribution in [-0.4, -0.2) is 26.5 Å². The number of rotatable bonds is 7. The highest BCUT2D eigenvalue weighted by molar-refractivity contribution is 7.98. The topological polar surface area (TPSA) is 85.4 Å². The van der Waals surface area contributed by atoms with E-state index in [1.54, 1.807) is 36.9 Å². The molecule has 0 fully saturated rings. The molecular weight excluding hydrogens is 420 g/mol. The summed E-state index contributed by atoms with van der Waals surface area (Å²) in [6, 6.07) is 16.1. The fourth-order valence-electron chi connectivity index (χ4n) is 2.68. The van der Waals surface area contributed by atoms with Gasteiger partial charge in [0, 0.05) is 5.75 Å². The maximum atomic E-state index is 12.7. The van der Waals surface area contributed by atoms with Crippen LogP contribution in [0.3, 0.4) is 0 Å². The molecule has 0 radical (unpaired) electrons. The van der Waals surface area contributed by atoms with Crippen LogP contribution in [0.5, 0.6) is 0 Å². The molecule has 0 saturated heterocycles. The number of esters is 1. The zero-order valence-electron chi connectivity index (χ0n) is 16.9. The molecule has 1 heterocycles. The van der Waals surface area contributed by atoms with Crippen LogP contribution in [0.2, 0.25) is 0 Å². The normalized spacial score (nSPS) is 11.2. The van der Waals surface area contributed by atoms with Crippen molar-refractivity contribution in [2.75, 3.05) is 11.8 Å². The van der Waals surface area contributed by atoms with Gasteiger partial charge < -0.3 is 4.74 Å². The van der Waals surface area contributed by atoms with Crippen LogP contribution in [0.15, 0.2) is 70.7 Å². The molecule has 0 aliphatic heterocycles. The first-order valence-corrected chi connectivity index (χ1v) is 11.6. The lowest BCUT2D eigenvalue weighted by Crippen LogP contribution is -2.14. The van der Waals surface area contributed by atoms with Gasteiger partial charge in [0.05, 0.1) is 34.5 Å². The second kappa shape index (κ2) is 9.32. The first-order valence-electron chi connectivity index (χ1n) is 9.14. The molecule has 1 N–H and O–H groups in total. The van der Waals surface area contributed by atoms with E-state index in [9.17, 15) is 13.2 Å². The summed E-state index contributed by atoms with van der Waals surface area (Å²) >= 11 is 1.57. The number of benzene rings is 2. The first kappa shape index (κ1) is 21.9. The van der Waals surface area contributed by atoms with E-state index < -0.39 is 16.0 Å². The molecule has 0 unspecified atom stereocenters. The number of aromatic nitrogens is 1. The Hall–Kier alpha value is -2.84. The number of sulfonamides is 1. The third kappa shape index (κ3) is 5.40. The van der Waals surface area contributed by atoms with Gasteiger partial charge in [-0.15, -0.1) is 11.8 Å². The fraction of sp³-hybridized carbons (Fsp3) is 0.182. The van der Waals surface area contributed by atoms with E-state index in [2.05, 4.69) is 34.0 Å².